The number of aliphatic hydroxyl groups excluding tert-OH is 2. The van der Waals surface area contributed by atoms with Gasteiger partial charge in [0, 0.05) is 24.0 Å². The Morgan fingerprint density at radius 2 is 1.89 bits per heavy atom. The monoisotopic (exact) mass is 258 g/mol. The van der Waals surface area contributed by atoms with Crippen LogP contribution in [0.15, 0.2) is 42.6 Å². The fourth-order valence-electron chi connectivity index (χ4n) is 1.70. The Kier molecular flexibility index (Phi) is 4.49. The maximum atomic E-state index is 9.26. The molecule has 1 unspecified atom stereocenters. The minimum absolute atomic E-state index is 0.238. The predicted octanol–water partition coefficient (Wildman–Crippen LogP) is 1.82. The molecule has 0 aliphatic rings. The Balaban J connectivity index is 2.04. The highest BCUT2D eigenvalue weighted by molar-refractivity contribution is 5.62. The van der Waals surface area contributed by atoms with Gasteiger partial charge in [-0.3, -0.25) is 4.98 Å². The van der Waals surface area contributed by atoms with Crippen molar-refractivity contribution in [2.75, 3.05) is 18.5 Å². The van der Waals surface area contributed by atoms with Gasteiger partial charge < -0.3 is 15.5 Å². The van der Waals surface area contributed by atoms with E-state index in [0.29, 0.717) is 6.54 Å². The van der Waals surface area contributed by atoms with Gasteiger partial charge in [-0.1, -0.05) is 18.2 Å². The van der Waals surface area contributed by atoms with Gasteiger partial charge in [0.05, 0.1) is 18.4 Å². The molecule has 2 rings (SSSR count). The van der Waals surface area contributed by atoms with Crippen LogP contribution in [0, 0.1) is 6.92 Å². The molecule has 0 saturated carbocycles. The van der Waals surface area contributed by atoms with Crippen LogP contribution in [0.5, 0.6) is 0 Å². The van der Waals surface area contributed by atoms with Gasteiger partial charge in [0.15, 0.2) is 0 Å². The molecule has 0 aliphatic heterocycles. The average Bonchev–Trinajstić information content (AvgIpc) is 2.46. The summed E-state index contributed by atoms with van der Waals surface area (Å²) in [6, 6.07) is 11.8. The van der Waals surface area contributed by atoms with Crippen LogP contribution in [0.3, 0.4) is 0 Å². The summed E-state index contributed by atoms with van der Waals surface area (Å²) >= 11 is 0. The van der Waals surface area contributed by atoms with Crippen LogP contribution < -0.4 is 5.32 Å². The summed E-state index contributed by atoms with van der Waals surface area (Å²) in [7, 11) is 0. The molecule has 1 aromatic heterocycles. The fraction of sp³-hybridized carbons (Fsp3) is 0.267. The van der Waals surface area contributed by atoms with Crippen molar-refractivity contribution in [1.82, 2.24) is 4.98 Å². The smallest absolute Gasteiger partial charge is 0.0942 e. The van der Waals surface area contributed by atoms with Crippen LogP contribution in [0.1, 0.15) is 5.56 Å². The number of rotatable bonds is 5. The molecule has 1 aromatic carbocycles. The second-order valence-electron chi connectivity index (χ2n) is 4.52. The molecular weight excluding hydrogens is 240 g/mol. The van der Waals surface area contributed by atoms with Gasteiger partial charge in [-0.15, -0.1) is 0 Å². The second kappa shape index (κ2) is 6.31. The molecular formula is C15H18N2O2. The summed E-state index contributed by atoms with van der Waals surface area (Å²) in [5.41, 5.74) is 4.03. The van der Waals surface area contributed by atoms with Crippen LogP contribution in [-0.4, -0.2) is 34.5 Å². The molecule has 0 bridgehead atoms. The van der Waals surface area contributed by atoms with Crippen LogP contribution in [0.25, 0.3) is 11.3 Å². The maximum absolute atomic E-state index is 9.26. The second-order valence-corrected chi connectivity index (χ2v) is 4.52. The highest BCUT2D eigenvalue weighted by Gasteiger charge is 2.02. The summed E-state index contributed by atoms with van der Waals surface area (Å²) in [6.07, 6.45) is 1.11. The Morgan fingerprint density at radius 3 is 2.47 bits per heavy atom. The van der Waals surface area contributed by atoms with Crippen LogP contribution in [0.2, 0.25) is 0 Å². The number of nitrogens with zero attached hydrogens (tertiary/aromatic N) is 1. The number of anilines is 1. The number of aryl methyl sites for hydroxylation is 1. The Labute approximate surface area is 112 Å². The summed E-state index contributed by atoms with van der Waals surface area (Å²) in [5.74, 6) is 0. The minimum atomic E-state index is -0.738. The first-order valence-corrected chi connectivity index (χ1v) is 6.25. The zero-order valence-corrected chi connectivity index (χ0v) is 10.9. The molecule has 2 aromatic rings. The van der Waals surface area contributed by atoms with E-state index in [-0.39, 0.29) is 6.61 Å². The SMILES string of the molecule is Cc1ccc(-c2ccc(NCC(O)CO)cc2)nc1. The van der Waals surface area contributed by atoms with E-state index in [9.17, 15) is 5.11 Å². The highest BCUT2D eigenvalue weighted by Crippen LogP contribution is 2.19. The number of hydrogen-bond donors (Lipinski definition) is 3. The summed E-state index contributed by atoms with van der Waals surface area (Å²) in [4.78, 5) is 4.37. The fourth-order valence-corrected chi connectivity index (χ4v) is 1.70. The van der Waals surface area contributed by atoms with Crippen LogP contribution in [-0.2, 0) is 0 Å². The lowest BCUT2D eigenvalue weighted by Crippen LogP contribution is -2.22. The Hall–Kier alpha value is -1.91. The first kappa shape index (κ1) is 13.5. The lowest BCUT2D eigenvalue weighted by molar-refractivity contribution is 0.105. The molecule has 3 N–H and O–H groups in total. The number of benzene rings is 1. The van der Waals surface area contributed by atoms with E-state index in [1.165, 1.54) is 0 Å². The quantitative estimate of drug-likeness (QED) is 0.765. The van der Waals surface area contributed by atoms with Crippen molar-refractivity contribution < 1.29 is 10.2 Å². The normalized spacial score (nSPS) is 12.2. The maximum Gasteiger partial charge on any atom is 0.0942 e. The van der Waals surface area contributed by atoms with Crippen molar-refractivity contribution in [3.05, 3.63) is 48.2 Å². The van der Waals surface area contributed by atoms with E-state index < -0.39 is 6.10 Å². The van der Waals surface area contributed by atoms with E-state index in [1.807, 2.05) is 49.5 Å². The van der Waals surface area contributed by atoms with Gasteiger partial charge in [0.25, 0.3) is 0 Å². The molecule has 0 spiro atoms. The number of hydrogen-bond acceptors (Lipinski definition) is 4. The zero-order chi connectivity index (χ0) is 13.7. The molecule has 0 amide bonds. The summed E-state index contributed by atoms with van der Waals surface area (Å²) < 4.78 is 0. The van der Waals surface area contributed by atoms with Gasteiger partial charge in [-0.25, -0.2) is 0 Å². The first-order chi connectivity index (χ1) is 9.19. The van der Waals surface area contributed by atoms with Gasteiger partial charge in [0.2, 0.25) is 0 Å². The molecule has 0 saturated heterocycles. The molecule has 1 atom stereocenters. The third-order valence-corrected chi connectivity index (χ3v) is 2.84. The van der Waals surface area contributed by atoms with Crippen molar-refractivity contribution in [2.45, 2.75) is 13.0 Å². The number of aliphatic hydroxyl groups is 2. The number of pyridine rings is 1. The van der Waals surface area contributed by atoms with E-state index >= 15 is 0 Å². The van der Waals surface area contributed by atoms with E-state index in [1.54, 1.807) is 0 Å². The topological polar surface area (TPSA) is 65.4 Å². The van der Waals surface area contributed by atoms with Crippen LogP contribution >= 0.6 is 0 Å². The number of nitrogens with one attached hydrogen (secondary N) is 1. The van der Waals surface area contributed by atoms with E-state index in [4.69, 9.17) is 5.11 Å². The van der Waals surface area contributed by atoms with Crippen molar-refractivity contribution in [3.63, 3.8) is 0 Å². The Bertz CT molecular complexity index is 509. The molecule has 1 heterocycles. The van der Waals surface area contributed by atoms with Crippen molar-refractivity contribution in [2.24, 2.45) is 0 Å². The van der Waals surface area contributed by atoms with Gasteiger partial charge in [0.1, 0.15) is 0 Å². The van der Waals surface area contributed by atoms with Gasteiger partial charge >= 0.3 is 0 Å². The molecule has 19 heavy (non-hydrogen) atoms. The Morgan fingerprint density at radius 1 is 1.16 bits per heavy atom. The standard InChI is InChI=1S/C15H18N2O2/c1-11-2-7-15(17-8-11)12-3-5-13(6-4-12)16-9-14(19)10-18/h2-8,14,16,18-19H,9-10H2,1H3. The average molecular weight is 258 g/mol. The summed E-state index contributed by atoms with van der Waals surface area (Å²) in [5, 5.41) is 21.0. The lowest BCUT2D eigenvalue weighted by Gasteiger charge is -2.10. The molecule has 100 valence electrons. The van der Waals surface area contributed by atoms with Gasteiger partial charge in [-0.05, 0) is 30.7 Å². The summed E-state index contributed by atoms with van der Waals surface area (Å²) in [6.45, 7) is 2.10. The minimum Gasteiger partial charge on any atom is -0.394 e. The molecule has 0 radical (unpaired) electrons. The first-order valence-electron chi connectivity index (χ1n) is 6.25. The van der Waals surface area contributed by atoms with Crippen molar-refractivity contribution in [3.8, 4) is 11.3 Å². The van der Waals surface area contributed by atoms with Gasteiger partial charge in [-0.2, -0.15) is 0 Å². The number of aromatic nitrogens is 1. The van der Waals surface area contributed by atoms with Crippen molar-refractivity contribution >= 4 is 5.69 Å². The lowest BCUT2D eigenvalue weighted by atomic mass is 10.1. The third kappa shape index (κ3) is 3.77. The van der Waals surface area contributed by atoms with E-state index in [2.05, 4.69) is 10.3 Å². The molecule has 0 fully saturated rings. The molecule has 0 aliphatic carbocycles. The molecule has 4 heteroatoms. The van der Waals surface area contributed by atoms with E-state index in [0.717, 1.165) is 22.5 Å². The van der Waals surface area contributed by atoms with Crippen LogP contribution in [0.4, 0.5) is 5.69 Å². The molecule has 4 nitrogen and oxygen atoms in total. The third-order valence-electron chi connectivity index (χ3n) is 2.84. The highest BCUT2D eigenvalue weighted by atomic mass is 16.3. The largest absolute Gasteiger partial charge is 0.394 e. The van der Waals surface area contributed by atoms with Crippen molar-refractivity contribution in [1.29, 1.82) is 0 Å². The predicted molar refractivity (Wildman–Crippen MR) is 76.0 cm³/mol. The zero-order valence-electron chi connectivity index (χ0n) is 10.9.